The summed E-state index contributed by atoms with van der Waals surface area (Å²) < 4.78 is 6.50. The van der Waals surface area contributed by atoms with Gasteiger partial charge in [0.1, 0.15) is 11.2 Å². The Balaban J connectivity index is 1.27. The zero-order chi connectivity index (χ0) is 32.6. The number of para-hydroxylation sites is 2. The topological polar surface area (TPSA) is 51.8 Å². The minimum Gasteiger partial charge on any atom is -0.455 e. The molecule has 0 bridgehead atoms. The van der Waals surface area contributed by atoms with Crippen LogP contribution in [0.2, 0.25) is 0 Å². The molecule has 3 aromatic heterocycles. The Morgan fingerprint density at radius 3 is 1.76 bits per heavy atom. The molecule has 0 saturated carbocycles. The van der Waals surface area contributed by atoms with Gasteiger partial charge in [0.15, 0.2) is 5.82 Å². The number of aromatic nitrogens is 3. The van der Waals surface area contributed by atoms with Crippen molar-refractivity contribution in [2.75, 3.05) is 0 Å². The smallest absolute Gasteiger partial charge is 0.160 e. The SMILES string of the molecule is c1ccc(-c2cc(-c3cc(-c4cccc(-c5ccccn5)c4)nc(-c4ccccc4)n3)cc(-c3cccc4c3oc3ccccc34)c2)cc1. The van der Waals surface area contributed by atoms with E-state index in [1.807, 2.05) is 60.8 Å². The minimum atomic E-state index is 0.669. The van der Waals surface area contributed by atoms with E-state index < -0.39 is 0 Å². The van der Waals surface area contributed by atoms with E-state index in [0.717, 1.165) is 83.5 Å². The first-order valence-corrected chi connectivity index (χ1v) is 16.3. The van der Waals surface area contributed by atoms with Gasteiger partial charge in [-0.1, -0.05) is 121 Å². The molecule has 6 aromatic carbocycles. The summed E-state index contributed by atoms with van der Waals surface area (Å²) in [7, 11) is 0. The molecule has 0 N–H and O–H groups in total. The Kier molecular flexibility index (Phi) is 7.10. The van der Waals surface area contributed by atoms with Gasteiger partial charge >= 0.3 is 0 Å². The van der Waals surface area contributed by atoms with Crippen LogP contribution in [0.15, 0.2) is 180 Å². The van der Waals surface area contributed by atoms with E-state index in [1.54, 1.807) is 0 Å². The molecule has 230 valence electrons. The molecule has 49 heavy (non-hydrogen) atoms. The number of hydrogen-bond acceptors (Lipinski definition) is 4. The maximum absolute atomic E-state index is 6.50. The summed E-state index contributed by atoms with van der Waals surface area (Å²) in [6.07, 6.45) is 1.82. The fraction of sp³-hybridized carbons (Fsp3) is 0. The standard InChI is InChI=1S/C45H29N3O/c1-3-13-30(14-4-1)34-26-35(37-20-12-21-39-38-19-7-8-23-43(38)49-44(37)39)28-36(27-34)42-29-41(47-45(48-42)31-15-5-2-6-16-31)33-18-11-17-32(25-33)40-22-9-10-24-46-40/h1-29H. The lowest BCUT2D eigenvalue weighted by Gasteiger charge is -2.14. The Morgan fingerprint density at radius 2 is 0.959 bits per heavy atom. The first-order valence-electron chi connectivity index (χ1n) is 16.3. The summed E-state index contributed by atoms with van der Waals surface area (Å²) in [5, 5.41) is 2.21. The molecule has 9 aromatic rings. The Bertz CT molecular complexity index is 2590. The quantitative estimate of drug-likeness (QED) is 0.184. The number of nitrogens with zero attached hydrogens (tertiary/aromatic N) is 3. The van der Waals surface area contributed by atoms with Crippen LogP contribution in [0.1, 0.15) is 0 Å². The van der Waals surface area contributed by atoms with Crippen LogP contribution < -0.4 is 0 Å². The van der Waals surface area contributed by atoms with Crippen molar-refractivity contribution >= 4 is 21.9 Å². The highest BCUT2D eigenvalue weighted by Crippen LogP contribution is 2.39. The highest BCUT2D eigenvalue weighted by molar-refractivity contribution is 6.09. The molecule has 9 rings (SSSR count). The van der Waals surface area contributed by atoms with Crippen molar-refractivity contribution in [2.24, 2.45) is 0 Å². The highest BCUT2D eigenvalue weighted by atomic mass is 16.3. The predicted molar refractivity (Wildman–Crippen MR) is 200 cm³/mol. The Morgan fingerprint density at radius 1 is 0.367 bits per heavy atom. The number of hydrogen-bond donors (Lipinski definition) is 0. The minimum absolute atomic E-state index is 0.669. The van der Waals surface area contributed by atoms with Crippen molar-refractivity contribution in [1.82, 2.24) is 15.0 Å². The number of furan rings is 1. The molecule has 0 aliphatic carbocycles. The third kappa shape index (κ3) is 5.45. The van der Waals surface area contributed by atoms with Crippen LogP contribution in [0.4, 0.5) is 0 Å². The van der Waals surface area contributed by atoms with Crippen LogP contribution in [0, 0.1) is 0 Å². The van der Waals surface area contributed by atoms with Gasteiger partial charge in [-0.2, -0.15) is 0 Å². The molecule has 0 unspecified atom stereocenters. The summed E-state index contributed by atoms with van der Waals surface area (Å²) in [5.41, 5.74) is 12.6. The van der Waals surface area contributed by atoms with Gasteiger partial charge in [-0.15, -0.1) is 0 Å². The largest absolute Gasteiger partial charge is 0.455 e. The van der Waals surface area contributed by atoms with Gasteiger partial charge in [-0.25, -0.2) is 9.97 Å². The number of benzene rings is 6. The normalized spacial score (nSPS) is 11.3. The van der Waals surface area contributed by atoms with E-state index in [2.05, 4.69) is 120 Å². The number of fused-ring (bicyclic) bond motifs is 3. The molecule has 0 amide bonds. The molecule has 4 heteroatoms. The van der Waals surface area contributed by atoms with Crippen LogP contribution in [0.25, 0.3) is 89.4 Å². The third-order valence-electron chi connectivity index (χ3n) is 8.93. The maximum Gasteiger partial charge on any atom is 0.160 e. The van der Waals surface area contributed by atoms with E-state index in [4.69, 9.17) is 14.4 Å². The monoisotopic (exact) mass is 627 g/mol. The molecular formula is C45H29N3O. The Hall–Kier alpha value is -6.65. The van der Waals surface area contributed by atoms with Gasteiger partial charge in [0.2, 0.25) is 0 Å². The second-order valence-corrected chi connectivity index (χ2v) is 12.1. The summed E-state index contributed by atoms with van der Waals surface area (Å²) in [4.78, 5) is 14.9. The second kappa shape index (κ2) is 12.2. The van der Waals surface area contributed by atoms with E-state index >= 15 is 0 Å². The molecule has 0 atom stereocenters. The van der Waals surface area contributed by atoms with Gasteiger partial charge in [-0.05, 0) is 65.2 Å². The summed E-state index contributed by atoms with van der Waals surface area (Å²) in [5.74, 6) is 0.669. The predicted octanol–water partition coefficient (Wildman–Crippen LogP) is 11.8. The average molecular weight is 628 g/mol. The lowest BCUT2D eigenvalue weighted by atomic mass is 9.93. The van der Waals surface area contributed by atoms with Crippen molar-refractivity contribution in [2.45, 2.75) is 0 Å². The van der Waals surface area contributed by atoms with Gasteiger partial charge in [0, 0.05) is 44.8 Å². The summed E-state index contributed by atoms with van der Waals surface area (Å²) >= 11 is 0. The third-order valence-corrected chi connectivity index (χ3v) is 8.93. The molecule has 0 spiro atoms. The zero-order valence-corrected chi connectivity index (χ0v) is 26.5. The molecule has 0 fully saturated rings. The lowest BCUT2D eigenvalue weighted by molar-refractivity contribution is 0.670. The highest BCUT2D eigenvalue weighted by Gasteiger charge is 2.17. The maximum atomic E-state index is 6.50. The fourth-order valence-electron chi connectivity index (χ4n) is 6.53. The van der Waals surface area contributed by atoms with Gasteiger partial charge in [-0.3, -0.25) is 4.98 Å². The van der Waals surface area contributed by atoms with Crippen molar-refractivity contribution in [3.05, 3.63) is 176 Å². The van der Waals surface area contributed by atoms with Crippen molar-refractivity contribution in [3.8, 4) is 67.4 Å². The van der Waals surface area contributed by atoms with E-state index in [9.17, 15) is 0 Å². The van der Waals surface area contributed by atoms with E-state index in [-0.39, 0.29) is 0 Å². The fourth-order valence-corrected chi connectivity index (χ4v) is 6.53. The number of pyridine rings is 1. The van der Waals surface area contributed by atoms with Gasteiger partial charge < -0.3 is 4.42 Å². The van der Waals surface area contributed by atoms with Crippen LogP contribution in [-0.4, -0.2) is 15.0 Å². The first kappa shape index (κ1) is 28.6. The van der Waals surface area contributed by atoms with Crippen LogP contribution in [0.3, 0.4) is 0 Å². The van der Waals surface area contributed by atoms with E-state index in [0.29, 0.717) is 5.82 Å². The summed E-state index contributed by atoms with van der Waals surface area (Å²) in [6, 6.07) is 58.4. The molecule has 4 nitrogen and oxygen atoms in total. The molecule has 0 aliphatic rings. The van der Waals surface area contributed by atoms with Crippen molar-refractivity contribution < 1.29 is 4.42 Å². The van der Waals surface area contributed by atoms with Gasteiger partial charge in [0.25, 0.3) is 0 Å². The molecule has 0 radical (unpaired) electrons. The zero-order valence-electron chi connectivity index (χ0n) is 26.5. The van der Waals surface area contributed by atoms with E-state index in [1.165, 1.54) is 0 Å². The molecule has 3 heterocycles. The van der Waals surface area contributed by atoms with Crippen LogP contribution in [0.5, 0.6) is 0 Å². The number of rotatable bonds is 6. The van der Waals surface area contributed by atoms with Crippen molar-refractivity contribution in [3.63, 3.8) is 0 Å². The molecular weight excluding hydrogens is 599 g/mol. The average Bonchev–Trinajstić information content (AvgIpc) is 3.58. The lowest BCUT2D eigenvalue weighted by Crippen LogP contribution is -1.97. The Labute approximate surface area is 284 Å². The van der Waals surface area contributed by atoms with Crippen LogP contribution in [-0.2, 0) is 0 Å². The van der Waals surface area contributed by atoms with Gasteiger partial charge in [0.05, 0.1) is 17.1 Å². The molecule has 0 saturated heterocycles. The first-order chi connectivity index (χ1) is 24.3. The van der Waals surface area contributed by atoms with Crippen molar-refractivity contribution in [1.29, 1.82) is 0 Å². The van der Waals surface area contributed by atoms with Crippen LogP contribution >= 0.6 is 0 Å². The second-order valence-electron chi connectivity index (χ2n) is 12.1. The molecule has 0 aliphatic heterocycles. The summed E-state index contributed by atoms with van der Waals surface area (Å²) in [6.45, 7) is 0.